The van der Waals surface area contributed by atoms with Crippen LogP contribution in [0.15, 0.2) is 18.2 Å². The van der Waals surface area contributed by atoms with E-state index in [9.17, 15) is 18.0 Å². The van der Waals surface area contributed by atoms with Crippen LogP contribution < -0.4 is 10.6 Å². The highest BCUT2D eigenvalue weighted by molar-refractivity contribution is 5.99. The van der Waals surface area contributed by atoms with Gasteiger partial charge in [0.05, 0.1) is 17.7 Å². The molecule has 1 amide bonds. The molecule has 1 rings (SSSR count). The Morgan fingerprint density at radius 1 is 1.29 bits per heavy atom. The number of alkyl halides is 3. The lowest BCUT2D eigenvalue weighted by molar-refractivity contribution is -0.137. The summed E-state index contributed by atoms with van der Waals surface area (Å²) in [5.74, 6) is -0.559. The van der Waals surface area contributed by atoms with E-state index in [4.69, 9.17) is 4.74 Å². The summed E-state index contributed by atoms with van der Waals surface area (Å²) in [6.07, 6.45) is -4.48. The predicted octanol–water partition coefficient (Wildman–Crippen LogP) is 2.90. The van der Waals surface area contributed by atoms with Crippen LogP contribution in [0, 0.1) is 0 Å². The average Bonchev–Trinajstić information content (AvgIpc) is 2.43. The van der Waals surface area contributed by atoms with E-state index >= 15 is 0 Å². The maximum Gasteiger partial charge on any atom is 0.416 e. The van der Waals surface area contributed by atoms with Gasteiger partial charge in [-0.1, -0.05) is 0 Å². The van der Waals surface area contributed by atoms with Gasteiger partial charge < -0.3 is 15.4 Å². The number of amides is 1. The molecule has 0 atom stereocenters. The van der Waals surface area contributed by atoms with Crippen LogP contribution in [0.4, 0.5) is 18.9 Å². The third kappa shape index (κ3) is 5.26. The van der Waals surface area contributed by atoms with Crippen LogP contribution in [0.5, 0.6) is 0 Å². The van der Waals surface area contributed by atoms with Crippen molar-refractivity contribution in [1.29, 1.82) is 0 Å². The molecule has 1 aromatic carbocycles. The van der Waals surface area contributed by atoms with Gasteiger partial charge in [0.2, 0.25) is 0 Å². The zero-order chi connectivity index (χ0) is 15.9. The summed E-state index contributed by atoms with van der Waals surface area (Å²) in [7, 11) is 0. The Balaban J connectivity index is 2.92. The Kier molecular flexibility index (Phi) is 6.48. The van der Waals surface area contributed by atoms with Crippen molar-refractivity contribution in [3.8, 4) is 0 Å². The summed E-state index contributed by atoms with van der Waals surface area (Å²) in [5, 5.41) is 5.42. The SMILES string of the molecule is CCNc1ccc(C(F)(F)F)cc1C(=O)NCCOCC. The van der Waals surface area contributed by atoms with Gasteiger partial charge in [-0.3, -0.25) is 4.79 Å². The molecule has 118 valence electrons. The minimum atomic E-state index is -4.48. The van der Waals surface area contributed by atoms with Crippen LogP contribution in [0.3, 0.4) is 0 Å². The van der Waals surface area contributed by atoms with Crippen LogP contribution in [0.1, 0.15) is 29.8 Å². The summed E-state index contributed by atoms with van der Waals surface area (Å²) in [6.45, 7) is 5.20. The number of hydrogen-bond acceptors (Lipinski definition) is 3. The molecule has 21 heavy (non-hydrogen) atoms. The normalized spacial score (nSPS) is 11.3. The van der Waals surface area contributed by atoms with Gasteiger partial charge in [-0.15, -0.1) is 0 Å². The number of carbonyl (C=O) groups is 1. The van der Waals surface area contributed by atoms with Crippen molar-refractivity contribution in [2.75, 3.05) is 31.6 Å². The van der Waals surface area contributed by atoms with Gasteiger partial charge in [-0.2, -0.15) is 13.2 Å². The number of rotatable bonds is 7. The molecule has 0 fully saturated rings. The molecule has 2 N–H and O–H groups in total. The van der Waals surface area contributed by atoms with Gasteiger partial charge in [0.25, 0.3) is 5.91 Å². The van der Waals surface area contributed by atoms with Crippen molar-refractivity contribution in [2.45, 2.75) is 20.0 Å². The molecule has 0 bridgehead atoms. The summed E-state index contributed by atoms with van der Waals surface area (Å²) in [6, 6.07) is 3.08. The number of carbonyl (C=O) groups excluding carboxylic acids is 1. The lowest BCUT2D eigenvalue weighted by Crippen LogP contribution is -2.28. The number of nitrogens with one attached hydrogen (secondary N) is 2. The fraction of sp³-hybridized carbons (Fsp3) is 0.500. The molecule has 4 nitrogen and oxygen atoms in total. The van der Waals surface area contributed by atoms with Gasteiger partial charge >= 0.3 is 6.18 Å². The molecule has 0 aliphatic heterocycles. The Hall–Kier alpha value is -1.76. The Labute approximate surface area is 121 Å². The molecule has 0 saturated heterocycles. The second-order valence-corrected chi connectivity index (χ2v) is 4.24. The first-order valence-corrected chi connectivity index (χ1v) is 6.71. The molecule has 0 saturated carbocycles. The average molecular weight is 304 g/mol. The number of benzene rings is 1. The molecular formula is C14H19F3N2O2. The van der Waals surface area contributed by atoms with E-state index in [2.05, 4.69) is 10.6 Å². The first-order valence-electron chi connectivity index (χ1n) is 6.71. The second-order valence-electron chi connectivity index (χ2n) is 4.24. The topological polar surface area (TPSA) is 50.4 Å². The highest BCUT2D eigenvalue weighted by atomic mass is 19.4. The molecule has 0 unspecified atom stereocenters. The standard InChI is InChI=1S/C14H19F3N2O2/c1-3-18-12-6-5-10(14(15,16)17)9-11(12)13(20)19-7-8-21-4-2/h5-6,9,18H,3-4,7-8H2,1-2H3,(H,19,20). The van der Waals surface area contributed by atoms with Crippen molar-refractivity contribution in [1.82, 2.24) is 5.32 Å². The Morgan fingerprint density at radius 3 is 2.57 bits per heavy atom. The van der Waals surface area contributed by atoms with E-state index < -0.39 is 17.6 Å². The molecule has 1 aromatic rings. The lowest BCUT2D eigenvalue weighted by atomic mass is 10.1. The monoisotopic (exact) mass is 304 g/mol. The van der Waals surface area contributed by atoms with E-state index in [1.165, 1.54) is 6.07 Å². The highest BCUT2D eigenvalue weighted by Crippen LogP contribution is 2.31. The number of ether oxygens (including phenoxy) is 1. The Bertz CT molecular complexity index is 476. The lowest BCUT2D eigenvalue weighted by Gasteiger charge is -2.14. The quantitative estimate of drug-likeness (QED) is 0.762. The number of anilines is 1. The smallest absolute Gasteiger partial charge is 0.385 e. The van der Waals surface area contributed by atoms with E-state index in [1.807, 2.05) is 6.92 Å². The zero-order valence-corrected chi connectivity index (χ0v) is 12.0. The molecule has 0 radical (unpaired) electrons. The van der Waals surface area contributed by atoms with Gasteiger partial charge in [0.1, 0.15) is 0 Å². The first kappa shape index (κ1) is 17.3. The van der Waals surface area contributed by atoms with Crippen LogP contribution >= 0.6 is 0 Å². The minimum Gasteiger partial charge on any atom is -0.385 e. The summed E-state index contributed by atoms with van der Waals surface area (Å²) < 4.78 is 43.3. The largest absolute Gasteiger partial charge is 0.416 e. The van der Waals surface area contributed by atoms with Crippen molar-refractivity contribution in [2.24, 2.45) is 0 Å². The highest BCUT2D eigenvalue weighted by Gasteiger charge is 2.31. The van der Waals surface area contributed by atoms with Gasteiger partial charge in [0, 0.05) is 25.4 Å². The van der Waals surface area contributed by atoms with Crippen LogP contribution in [-0.4, -0.2) is 32.2 Å². The predicted molar refractivity (Wildman–Crippen MR) is 74.4 cm³/mol. The first-order chi connectivity index (χ1) is 9.90. The summed E-state index contributed by atoms with van der Waals surface area (Å²) in [5.41, 5.74) is -0.498. The van der Waals surface area contributed by atoms with E-state index in [0.29, 0.717) is 25.4 Å². The van der Waals surface area contributed by atoms with Crippen LogP contribution in [0.25, 0.3) is 0 Å². The van der Waals surface area contributed by atoms with Gasteiger partial charge in [0.15, 0.2) is 0 Å². The third-order valence-corrected chi connectivity index (χ3v) is 2.69. The van der Waals surface area contributed by atoms with Crippen molar-refractivity contribution in [3.05, 3.63) is 29.3 Å². The molecule has 0 aliphatic rings. The number of halogens is 3. The van der Waals surface area contributed by atoms with Crippen LogP contribution in [-0.2, 0) is 10.9 Å². The molecular weight excluding hydrogens is 285 g/mol. The maximum atomic E-state index is 12.7. The van der Waals surface area contributed by atoms with E-state index in [1.54, 1.807) is 6.92 Å². The fourth-order valence-corrected chi connectivity index (χ4v) is 1.73. The summed E-state index contributed by atoms with van der Waals surface area (Å²) in [4.78, 5) is 12.0. The van der Waals surface area contributed by atoms with Crippen molar-refractivity contribution in [3.63, 3.8) is 0 Å². The fourth-order valence-electron chi connectivity index (χ4n) is 1.73. The maximum absolute atomic E-state index is 12.7. The molecule has 0 heterocycles. The Morgan fingerprint density at radius 2 is 2.00 bits per heavy atom. The van der Waals surface area contributed by atoms with Gasteiger partial charge in [-0.25, -0.2) is 0 Å². The van der Waals surface area contributed by atoms with Crippen molar-refractivity contribution < 1.29 is 22.7 Å². The second kappa shape index (κ2) is 7.87. The van der Waals surface area contributed by atoms with Gasteiger partial charge in [-0.05, 0) is 32.0 Å². The van der Waals surface area contributed by atoms with E-state index in [-0.39, 0.29) is 12.1 Å². The molecule has 0 aliphatic carbocycles. The zero-order valence-electron chi connectivity index (χ0n) is 12.0. The third-order valence-electron chi connectivity index (χ3n) is 2.69. The molecule has 0 spiro atoms. The van der Waals surface area contributed by atoms with Crippen LogP contribution in [0.2, 0.25) is 0 Å². The molecule has 7 heteroatoms. The van der Waals surface area contributed by atoms with E-state index in [0.717, 1.165) is 12.1 Å². The number of hydrogen-bond donors (Lipinski definition) is 2. The van der Waals surface area contributed by atoms with Crippen molar-refractivity contribution >= 4 is 11.6 Å². The summed E-state index contributed by atoms with van der Waals surface area (Å²) >= 11 is 0. The minimum absolute atomic E-state index is 0.0248. The molecule has 0 aromatic heterocycles.